The fraction of sp³-hybridized carbons (Fsp3) is 0.951. The van der Waals surface area contributed by atoms with Crippen LogP contribution in [-0.4, -0.2) is 96.7 Å². The van der Waals surface area contributed by atoms with Crippen LogP contribution in [0, 0.1) is 17.8 Å². The lowest BCUT2D eigenvalue weighted by atomic mass is 9.99. The van der Waals surface area contributed by atoms with Gasteiger partial charge in [-0.15, -0.1) is 0 Å². The van der Waals surface area contributed by atoms with Crippen molar-refractivity contribution in [3.63, 3.8) is 0 Å². The Morgan fingerprint density at radius 3 is 0.760 bits per heavy atom. The molecule has 0 aliphatic rings. The summed E-state index contributed by atoms with van der Waals surface area (Å²) in [6, 6.07) is 0. The molecule has 0 bridgehead atoms. The molecule has 0 spiro atoms. The number of ether oxygens (including phenoxy) is 4. The first-order valence-corrected chi connectivity index (χ1v) is 44.9. The van der Waals surface area contributed by atoms with Gasteiger partial charge in [-0.2, -0.15) is 0 Å². The van der Waals surface area contributed by atoms with Crippen LogP contribution in [0.3, 0.4) is 0 Å². The molecule has 0 aromatic heterocycles. The number of aliphatic hydroxyl groups is 1. The number of carbonyl (C=O) groups excluding carboxylic acids is 4. The summed E-state index contributed by atoms with van der Waals surface area (Å²) in [5.74, 6) is 0.343. The largest absolute Gasteiger partial charge is 0.472 e. The summed E-state index contributed by atoms with van der Waals surface area (Å²) in [6.07, 6.45) is 59.7. The Kier molecular flexibility index (Phi) is 69.9. The van der Waals surface area contributed by atoms with Crippen molar-refractivity contribution in [2.24, 2.45) is 17.8 Å². The van der Waals surface area contributed by atoms with Crippen LogP contribution in [0.2, 0.25) is 0 Å². The monoisotopic (exact) mass is 1470 g/mol. The second-order valence-electron chi connectivity index (χ2n) is 30.1. The van der Waals surface area contributed by atoms with Crippen LogP contribution in [0.4, 0.5) is 0 Å². The molecule has 4 unspecified atom stereocenters. The van der Waals surface area contributed by atoms with Crippen LogP contribution >= 0.6 is 15.6 Å². The fourth-order valence-corrected chi connectivity index (χ4v) is 14.0. The van der Waals surface area contributed by atoms with Gasteiger partial charge in [0.2, 0.25) is 0 Å². The van der Waals surface area contributed by atoms with Gasteiger partial charge in [0.25, 0.3) is 0 Å². The number of hydrogen-bond acceptors (Lipinski definition) is 15. The van der Waals surface area contributed by atoms with Crippen LogP contribution in [0.5, 0.6) is 0 Å². The first-order chi connectivity index (χ1) is 48.3. The van der Waals surface area contributed by atoms with E-state index >= 15 is 0 Å². The zero-order chi connectivity index (χ0) is 73.7. The molecule has 0 saturated heterocycles. The van der Waals surface area contributed by atoms with Gasteiger partial charge >= 0.3 is 39.5 Å². The molecule has 17 nitrogen and oxygen atoms in total. The third kappa shape index (κ3) is 71.7. The van der Waals surface area contributed by atoms with Gasteiger partial charge in [0.15, 0.2) is 12.2 Å². The van der Waals surface area contributed by atoms with Crippen LogP contribution in [0.1, 0.15) is 421 Å². The van der Waals surface area contributed by atoms with E-state index in [9.17, 15) is 43.2 Å². The van der Waals surface area contributed by atoms with Crippen LogP contribution < -0.4 is 0 Å². The maximum atomic E-state index is 13.1. The maximum absolute atomic E-state index is 13.1. The standard InChI is InChI=1S/C81H158O17P2/c1-8-11-12-13-14-41-48-55-62-78(83)91-68-76(98-81(86)65-58-51-44-37-31-32-38-45-52-59-72(4)5)70-95-99(87,88)93-66-75(82)67-94-100(89,90)96-71-77(69-92-79(84)63-56-49-42-35-29-25-22-21-24-28-34-40-47-54-61-74(7)10-3)97-80(85)64-57-50-43-36-30-26-20-18-16-15-17-19-23-27-33-39-46-53-60-73(6)9-2/h72-77,82H,8-71H2,1-7H3,(H,87,88)(H,89,90)/t73?,74?,75-,76+,77+/m0/s1. The molecule has 100 heavy (non-hydrogen) atoms. The molecule has 0 saturated carbocycles. The zero-order valence-electron chi connectivity index (χ0n) is 65.7. The van der Waals surface area contributed by atoms with Gasteiger partial charge in [0.1, 0.15) is 19.3 Å². The van der Waals surface area contributed by atoms with Crippen molar-refractivity contribution in [1.82, 2.24) is 0 Å². The highest BCUT2D eigenvalue weighted by Crippen LogP contribution is 2.45. The quantitative estimate of drug-likeness (QED) is 0.0222. The molecule has 3 N–H and O–H groups in total. The highest BCUT2D eigenvalue weighted by atomic mass is 31.2. The van der Waals surface area contributed by atoms with Gasteiger partial charge in [-0.25, -0.2) is 9.13 Å². The van der Waals surface area contributed by atoms with E-state index < -0.39 is 97.5 Å². The molecule has 0 aliphatic carbocycles. The zero-order valence-corrected chi connectivity index (χ0v) is 67.5. The highest BCUT2D eigenvalue weighted by molar-refractivity contribution is 7.47. The summed E-state index contributed by atoms with van der Waals surface area (Å²) in [5.41, 5.74) is 0. The van der Waals surface area contributed by atoms with Crippen molar-refractivity contribution < 1.29 is 80.2 Å². The minimum Gasteiger partial charge on any atom is -0.462 e. The molecular formula is C81H158O17P2. The normalized spacial score (nSPS) is 14.5. The van der Waals surface area contributed by atoms with Gasteiger partial charge in [-0.05, 0) is 43.4 Å². The van der Waals surface area contributed by atoms with Crippen molar-refractivity contribution >= 4 is 39.5 Å². The second kappa shape index (κ2) is 71.3. The average Bonchev–Trinajstić information content (AvgIpc) is 0.988. The molecule has 7 atom stereocenters. The third-order valence-electron chi connectivity index (χ3n) is 19.6. The Balaban J connectivity index is 5.18. The average molecular weight is 1470 g/mol. The third-order valence-corrected chi connectivity index (χ3v) is 21.5. The van der Waals surface area contributed by atoms with E-state index in [1.807, 2.05) is 0 Å². The Labute approximate surface area is 613 Å². The van der Waals surface area contributed by atoms with E-state index in [4.69, 9.17) is 37.0 Å². The van der Waals surface area contributed by atoms with Gasteiger partial charge in [-0.3, -0.25) is 37.3 Å². The van der Waals surface area contributed by atoms with Crippen LogP contribution in [-0.2, 0) is 65.4 Å². The van der Waals surface area contributed by atoms with E-state index in [0.29, 0.717) is 25.7 Å². The van der Waals surface area contributed by atoms with Crippen LogP contribution in [0.15, 0.2) is 0 Å². The Morgan fingerprint density at radius 1 is 0.290 bits per heavy atom. The molecule has 19 heteroatoms. The number of unbranched alkanes of at least 4 members (excludes halogenated alkanes) is 45. The number of phosphoric acid groups is 2. The summed E-state index contributed by atoms with van der Waals surface area (Å²) in [7, 11) is -9.91. The van der Waals surface area contributed by atoms with E-state index in [0.717, 1.165) is 114 Å². The van der Waals surface area contributed by atoms with Crippen molar-refractivity contribution in [1.29, 1.82) is 0 Å². The van der Waals surface area contributed by atoms with Crippen molar-refractivity contribution in [2.75, 3.05) is 39.6 Å². The van der Waals surface area contributed by atoms with Crippen molar-refractivity contribution in [2.45, 2.75) is 439 Å². The lowest BCUT2D eigenvalue weighted by Gasteiger charge is -2.21. The van der Waals surface area contributed by atoms with Crippen LogP contribution in [0.25, 0.3) is 0 Å². The van der Waals surface area contributed by atoms with Gasteiger partial charge in [0, 0.05) is 25.7 Å². The lowest BCUT2D eigenvalue weighted by molar-refractivity contribution is -0.161. The molecule has 0 aromatic carbocycles. The Morgan fingerprint density at radius 2 is 0.510 bits per heavy atom. The molecule has 0 amide bonds. The van der Waals surface area contributed by atoms with Crippen molar-refractivity contribution in [3.8, 4) is 0 Å². The Bertz CT molecular complexity index is 1940. The van der Waals surface area contributed by atoms with E-state index in [2.05, 4.69) is 48.5 Å². The molecular weight excluding hydrogens is 1310 g/mol. The van der Waals surface area contributed by atoms with E-state index in [1.54, 1.807) is 0 Å². The highest BCUT2D eigenvalue weighted by Gasteiger charge is 2.30. The molecule has 0 aliphatic heterocycles. The first kappa shape index (κ1) is 98.1. The number of rotatable bonds is 79. The number of phosphoric ester groups is 2. The summed E-state index contributed by atoms with van der Waals surface area (Å²) in [6.45, 7) is 12.0. The number of aliphatic hydroxyl groups excluding tert-OH is 1. The lowest BCUT2D eigenvalue weighted by Crippen LogP contribution is -2.30. The topological polar surface area (TPSA) is 237 Å². The maximum Gasteiger partial charge on any atom is 0.472 e. The fourth-order valence-electron chi connectivity index (χ4n) is 12.4. The number of carbonyl (C=O) groups is 4. The number of esters is 4. The smallest absolute Gasteiger partial charge is 0.462 e. The predicted octanol–water partition coefficient (Wildman–Crippen LogP) is 24.1. The molecule has 0 rings (SSSR count). The van der Waals surface area contributed by atoms with Crippen molar-refractivity contribution in [3.05, 3.63) is 0 Å². The summed E-state index contributed by atoms with van der Waals surface area (Å²) >= 11 is 0. The Hall–Kier alpha value is -1.94. The molecule has 0 aromatic rings. The van der Waals surface area contributed by atoms with Gasteiger partial charge < -0.3 is 33.8 Å². The number of hydrogen-bond donors (Lipinski definition) is 3. The second-order valence-corrected chi connectivity index (χ2v) is 33.0. The summed E-state index contributed by atoms with van der Waals surface area (Å²) in [4.78, 5) is 72.9. The SMILES string of the molecule is CCCCCCCCCCC(=O)OC[C@H](COP(=O)(O)OC[C@H](O)COP(=O)(O)OC[C@@H](COC(=O)CCCCCCCCCCCCCCCCC(C)CC)OC(=O)CCCCCCCCCCCCCCCCCCCCC(C)CC)OC(=O)CCCCCCCCCCCC(C)C. The summed E-state index contributed by atoms with van der Waals surface area (Å²) in [5, 5.41) is 10.6. The minimum absolute atomic E-state index is 0.105. The molecule has 594 valence electrons. The minimum atomic E-state index is -4.96. The van der Waals surface area contributed by atoms with E-state index in [1.165, 1.54) is 225 Å². The molecule has 0 radical (unpaired) electrons. The van der Waals surface area contributed by atoms with Gasteiger partial charge in [0.05, 0.1) is 26.4 Å². The first-order valence-electron chi connectivity index (χ1n) is 41.9. The van der Waals surface area contributed by atoms with E-state index in [-0.39, 0.29) is 25.7 Å². The predicted molar refractivity (Wildman–Crippen MR) is 409 cm³/mol. The molecule has 0 heterocycles. The summed E-state index contributed by atoms with van der Waals surface area (Å²) < 4.78 is 68.6. The van der Waals surface area contributed by atoms with Gasteiger partial charge in [-0.1, -0.05) is 370 Å². The molecule has 0 fully saturated rings.